The average Bonchev–Trinajstić information content (AvgIpc) is 2.88. The van der Waals surface area contributed by atoms with Gasteiger partial charge in [0.15, 0.2) is 0 Å². The van der Waals surface area contributed by atoms with Crippen molar-refractivity contribution in [2.45, 2.75) is 79.0 Å². The number of hydrogen-bond donors (Lipinski definition) is 1. The van der Waals surface area contributed by atoms with E-state index in [1.165, 1.54) is 4.90 Å². The third-order valence-corrected chi connectivity index (χ3v) is 6.27. The molecule has 2 unspecified atom stereocenters. The zero-order chi connectivity index (χ0) is 23.0. The summed E-state index contributed by atoms with van der Waals surface area (Å²) in [5.74, 6) is 0.0948. The normalized spacial score (nSPS) is 24.7. The molecule has 2 fully saturated rings. The SMILES string of the molecule is CC1(C)CC2CC(C)(CN2C(=O)c2ccc(CN(CCO)C(=O)OC(C)(C)C)cc2)C1. The van der Waals surface area contributed by atoms with Crippen LogP contribution < -0.4 is 0 Å². The fraction of sp³-hybridized carbons (Fsp3) is 0.680. The van der Waals surface area contributed by atoms with Crippen molar-refractivity contribution in [2.75, 3.05) is 19.7 Å². The number of aliphatic hydroxyl groups is 1. The molecule has 6 nitrogen and oxygen atoms in total. The molecule has 1 N–H and O–H groups in total. The molecule has 1 aliphatic heterocycles. The molecule has 2 amide bonds. The maximum atomic E-state index is 13.3. The lowest BCUT2D eigenvalue weighted by Gasteiger charge is -2.39. The molecular formula is C25H38N2O4. The Labute approximate surface area is 186 Å². The van der Waals surface area contributed by atoms with Gasteiger partial charge in [-0.2, -0.15) is 0 Å². The van der Waals surface area contributed by atoms with Crippen molar-refractivity contribution in [3.8, 4) is 0 Å². The standard InChI is InChI=1S/C25H38N2O4/c1-23(2,3)31-22(30)26(11-12-28)15-18-7-9-19(10-8-18)21(29)27-17-25(6)14-20(27)13-24(4,5)16-25/h7-10,20,28H,11-17H2,1-6H3. The van der Waals surface area contributed by atoms with Crippen molar-refractivity contribution in [3.63, 3.8) is 0 Å². The van der Waals surface area contributed by atoms with Crippen LogP contribution in [0.25, 0.3) is 0 Å². The number of nitrogens with zero attached hydrogens (tertiary/aromatic N) is 2. The Balaban J connectivity index is 1.68. The van der Waals surface area contributed by atoms with Gasteiger partial charge in [-0.15, -0.1) is 0 Å². The van der Waals surface area contributed by atoms with E-state index in [9.17, 15) is 14.7 Å². The number of carbonyl (C=O) groups is 2. The molecule has 2 atom stereocenters. The van der Waals surface area contributed by atoms with Crippen LogP contribution in [0.15, 0.2) is 24.3 Å². The van der Waals surface area contributed by atoms with E-state index in [1.54, 1.807) is 0 Å². The van der Waals surface area contributed by atoms with E-state index < -0.39 is 11.7 Å². The van der Waals surface area contributed by atoms with Gasteiger partial charge in [0.05, 0.1) is 6.61 Å². The average molecular weight is 431 g/mol. The van der Waals surface area contributed by atoms with Gasteiger partial charge in [-0.3, -0.25) is 4.79 Å². The molecule has 1 aromatic carbocycles. The van der Waals surface area contributed by atoms with Gasteiger partial charge in [-0.05, 0) is 68.6 Å². The molecular weight excluding hydrogens is 392 g/mol. The van der Waals surface area contributed by atoms with Crippen molar-refractivity contribution in [3.05, 3.63) is 35.4 Å². The number of amides is 2. The van der Waals surface area contributed by atoms with Crippen LogP contribution in [0.3, 0.4) is 0 Å². The Hall–Kier alpha value is -2.08. The number of ether oxygens (including phenoxy) is 1. The first-order valence-corrected chi connectivity index (χ1v) is 11.3. The van der Waals surface area contributed by atoms with Crippen LogP contribution >= 0.6 is 0 Å². The molecule has 1 aliphatic carbocycles. The molecule has 1 heterocycles. The number of benzene rings is 1. The van der Waals surface area contributed by atoms with Crippen LogP contribution in [0.2, 0.25) is 0 Å². The van der Waals surface area contributed by atoms with Gasteiger partial charge in [0.2, 0.25) is 0 Å². The summed E-state index contributed by atoms with van der Waals surface area (Å²) in [5.41, 5.74) is 1.46. The van der Waals surface area contributed by atoms with Gasteiger partial charge in [-0.1, -0.05) is 32.9 Å². The Bertz CT molecular complexity index is 812. The molecule has 1 saturated carbocycles. The monoisotopic (exact) mass is 430 g/mol. The van der Waals surface area contributed by atoms with Crippen LogP contribution in [-0.4, -0.2) is 58.2 Å². The molecule has 1 saturated heterocycles. The minimum absolute atomic E-state index is 0.0948. The van der Waals surface area contributed by atoms with Crippen molar-refractivity contribution < 1.29 is 19.4 Å². The lowest BCUT2D eigenvalue weighted by molar-refractivity contribution is 0.0201. The van der Waals surface area contributed by atoms with Crippen LogP contribution in [-0.2, 0) is 11.3 Å². The highest BCUT2D eigenvalue weighted by molar-refractivity contribution is 5.94. The molecule has 6 heteroatoms. The quantitative estimate of drug-likeness (QED) is 0.749. The summed E-state index contributed by atoms with van der Waals surface area (Å²) in [6.45, 7) is 13.6. The van der Waals surface area contributed by atoms with Gasteiger partial charge < -0.3 is 19.6 Å². The summed E-state index contributed by atoms with van der Waals surface area (Å²) < 4.78 is 5.44. The molecule has 31 heavy (non-hydrogen) atoms. The second-order valence-electron chi connectivity index (χ2n) is 11.5. The van der Waals surface area contributed by atoms with Gasteiger partial charge in [-0.25, -0.2) is 4.79 Å². The second kappa shape index (κ2) is 8.45. The summed E-state index contributed by atoms with van der Waals surface area (Å²) >= 11 is 0. The molecule has 1 aromatic rings. The zero-order valence-electron chi connectivity index (χ0n) is 19.9. The van der Waals surface area contributed by atoms with Crippen LogP contribution in [0, 0.1) is 10.8 Å². The largest absolute Gasteiger partial charge is 0.444 e. The maximum absolute atomic E-state index is 13.3. The zero-order valence-corrected chi connectivity index (χ0v) is 19.9. The van der Waals surface area contributed by atoms with E-state index in [-0.39, 0.29) is 29.9 Å². The first-order valence-electron chi connectivity index (χ1n) is 11.3. The molecule has 2 aliphatic rings. The van der Waals surface area contributed by atoms with Crippen molar-refractivity contribution >= 4 is 12.0 Å². The Morgan fingerprint density at radius 2 is 1.81 bits per heavy atom. The first kappa shape index (κ1) is 23.6. The smallest absolute Gasteiger partial charge is 0.410 e. The summed E-state index contributed by atoms with van der Waals surface area (Å²) in [7, 11) is 0. The van der Waals surface area contributed by atoms with Crippen molar-refractivity contribution in [1.29, 1.82) is 0 Å². The second-order valence-corrected chi connectivity index (χ2v) is 11.5. The molecule has 2 bridgehead atoms. The number of aliphatic hydroxyl groups excluding tert-OH is 1. The highest BCUT2D eigenvalue weighted by Gasteiger charge is 2.51. The summed E-state index contributed by atoms with van der Waals surface area (Å²) in [5, 5.41) is 9.33. The van der Waals surface area contributed by atoms with E-state index in [2.05, 4.69) is 25.7 Å². The minimum atomic E-state index is -0.597. The van der Waals surface area contributed by atoms with E-state index in [0.29, 0.717) is 18.2 Å². The predicted molar refractivity (Wildman–Crippen MR) is 121 cm³/mol. The van der Waals surface area contributed by atoms with Gasteiger partial charge >= 0.3 is 6.09 Å². The van der Waals surface area contributed by atoms with E-state index in [0.717, 1.165) is 31.4 Å². The number of carbonyl (C=O) groups excluding carboxylic acids is 2. The van der Waals surface area contributed by atoms with E-state index in [4.69, 9.17) is 4.74 Å². The van der Waals surface area contributed by atoms with Gasteiger partial charge in [0.1, 0.15) is 5.60 Å². The van der Waals surface area contributed by atoms with Crippen LogP contribution in [0.1, 0.15) is 76.7 Å². The minimum Gasteiger partial charge on any atom is -0.444 e. The Morgan fingerprint density at radius 3 is 2.39 bits per heavy atom. The van der Waals surface area contributed by atoms with E-state index in [1.807, 2.05) is 45.0 Å². The Morgan fingerprint density at radius 1 is 1.16 bits per heavy atom. The van der Waals surface area contributed by atoms with E-state index >= 15 is 0 Å². The van der Waals surface area contributed by atoms with Gasteiger partial charge in [0.25, 0.3) is 5.91 Å². The molecule has 172 valence electrons. The fourth-order valence-corrected chi connectivity index (χ4v) is 5.52. The highest BCUT2D eigenvalue weighted by Crippen LogP contribution is 2.52. The maximum Gasteiger partial charge on any atom is 0.410 e. The van der Waals surface area contributed by atoms with Crippen molar-refractivity contribution in [2.24, 2.45) is 10.8 Å². The highest BCUT2D eigenvalue weighted by atomic mass is 16.6. The molecule has 0 spiro atoms. The van der Waals surface area contributed by atoms with Crippen LogP contribution in [0.5, 0.6) is 0 Å². The summed E-state index contributed by atoms with van der Waals surface area (Å²) in [4.78, 5) is 29.2. The predicted octanol–water partition coefficient (Wildman–Crippen LogP) is 4.46. The lowest BCUT2D eigenvalue weighted by atomic mass is 9.65. The molecule has 3 rings (SSSR count). The fourth-order valence-electron chi connectivity index (χ4n) is 5.52. The third-order valence-electron chi connectivity index (χ3n) is 6.27. The number of likely N-dealkylation sites (tertiary alicyclic amines) is 1. The molecule has 0 aromatic heterocycles. The van der Waals surface area contributed by atoms with Crippen molar-refractivity contribution in [1.82, 2.24) is 9.80 Å². The summed E-state index contributed by atoms with van der Waals surface area (Å²) in [6, 6.07) is 7.78. The Kier molecular flexibility index (Phi) is 6.43. The molecule has 0 radical (unpaired) electrons. The van der Waals surface area contributed by atoms with Gasteiger partial charge in [0, 0.05) is 31.2 Å². The first-order chi connectivity index (χ1) is 14.3. The topological polar surface area (TPSA) is 70.1 Å². The lowest BCUT2D eigenvalue weighted by Crippen LogP contribution is -2.38. The van der Waals surface area contributed by atoms with Crippen LogP contribution in [0.4, 0.5) is 4.79 Å². The number of fused-ring (bicyclic) bond motifs is 2. The number of rotatable bonds is 5. The summed E-state index contributed by atoms with van der Waals surface area (Å²) in [6.07, 6.45) is 2.84. The third kappa shape index (κ3) is 5.79. The number of hydrogen-bond acceptors (Lipinski definition) is 4.